The van der Waals surface area contributed by atoms with E-state index < -0.39 is 0 Å². The molecule has 0 saturated heterocycles. The summed E-state index contributed by atoms with van der Waals surface area (Å²) >= 11 is 0. The molecule has 0 aliphatic carbocycles. The van der Waals surface area contributed by atoms with E-state index in [0.29, 0.717) is 40.8 Å². The molecule has 2 amide bonds. The minimum absolute atomic E-state index is 0.270. The summed E-state index contributed by atoms with van der Waals surface area (Å²) in [6.07, 6.45) is 4.72. The molecule has 4 aromatic rings. The summed E-state index contributed by atoms with van der Waals surface area (Å²) in [6, 6.07) is 21.0. The van der Waals surface area contributed by atoms with Crippen LogP contribution >= 0.6 is 0 Å². The van der Waals surface area contributed by atoms with Gasteiger partial charge in [0.2, 0.25) is 5.88 Å². The normalized spacial score (nSPS) is 10.3. The van der Waals surface area contributed by atoms with Gasteiger partial charge in [0.15, 0.2) is 11.5 Å². The van der Waals surface area contributed by atoms with Crippen molar-refractivity contribution < 1.29 is 19.1 Å². The molecular formula is C27H24N4O4. The first-order chi connectivity index (χ1) is 17.1. The van der Waals surface area contributed by atoms with Crippen LogP contribution in [0.5, 0.6) is 17.4 Å². The van der Waals surface area contributed by atoms with Crippen LogP contribution in [0.15, 0.2) is 91.4 Å². The van der Waals surface area contributed by atoms with Gasteiger partial charge in [0.25, 0.3) is 11.8 Å². The van der Waals surface area contributed by atoms with Crippen molar-refractivity contribution in [2.45, 2.75) is 13.5 Å². The van der Waals surface area contributed by atoms with Crippen molar-refractivity contribution in [3.05, 3.63) is 108 Å². The Morgan fingerprint density at radius 1 is 0.857 bits per heavy atom. The zero-order valence-corrected chi connectivity index (χ0v) is 19.1. The molecule has 2 aromatic carbocycles. The van der Waals surface area contributed by atoms with Gasteiger partial charge in [-0.1, -0.05) is 24.3 Å². The van der Waals surface area contributed by atoms with Gasteiger partial charge in [-0.3, -0.25) is 14.6 Å². The molecule has 0 radical (unpaired) electrons. The minimum atomic E-state index is -0.298. The van der Waals surface area contributed by atoms with E-state index in [1.165, 1.54) is 6.20 Å². The fraction of sp³-hybridized carbons (Fsp3) is 0.111. The second-order valence-corrected chi connectivity index (χ2v) is 7.45. The first-order valence-corrected chi connectivity index (χ1v) is 11.1. The number of carbonyl (C=O) groups is 2. The van der Waals surface area contributed by atoms with Crippen LogP contribution in [0.1, 0.15) is 33.2 Å². The Kier molecular flexibility index (Phi) is 7.65. The van der Waals surface area contributed by atoms with Gasteiger partial charge in [0.1, 0.15) is 0 Å². The average Bonchev–Trinajstić information content (AvgIpc) is 2.90. The van der Waals surface area contributed by atoms with Crippen LogP contribution in [-0.2, 0) is 6.54 Å². The lowest BCUT2D eigenvalue weighted by Crippen LogP contribution is -2.23. The third-order valence-electron chi connectivity index (χ3n) is 4.92. The SMILES string of the molecule is CCOc1ccccc1Oc1ccc(CNC(=O)c2cccc(NC(=O)c3cccnc3)c2)cn1. The molecule has 0 aliphatic heterocycles. The molecule has 176 valence electrons. The number of anilines is 1. The number of pyridine rings is 2. The molecule has 0 bridgehead atoms. The van der Waals surface area contributed by atoms with E-state index in [2.05, 4.69) is 20.6 Å². The van der Waals surface area contributed by atoms with E-state index in [-0.39, 0.29) is 18.4 Å². The summed E-state index contributed by atoms with van der Waals surface area (Å²) in [7, 11) is 0. The highest BCUT2D eigenvalue weighted by molar-refractivity contribution is 6.04. The second-order valence-electron chi connectivity index (χ2n) is 7.45. The summed E-state index contributed by atoms with van der Waals surface area (Å²) in [5, 5.41) is 5.63. The van der Waals surface area contributed by atoms with Crippen LogP contribution in [0.25, 0.3) is 0 Å². The summed E-state index contributed by atoms with van der Waals surface area (Å²) < 4.78 is 11.4. The van der Waals surface area contributed by atoms with Gasteiger partial charge in [0.05, 0.1) is 12.2 Å². The number of rotatable bonds is 9. The molecular weight excluding hydrogens is 444 g/mol. The van der Waals surface area contributed by atoms with Gasteiger partial charge in [0, 0.05) is 42.5 Å². The molecule has 2 heterocycles. The first kappa shape index (κ1) is 23.4. The largest absolute Gasteiger partial charge is 0.490 e. The van der Waals surface area contributed by atoms with E-state index in [1.807, 2.05) is 37.3 Å². The molecule has 0 unspecified atom stereocenters. The Balaban J connectivity index is 1.33. The van der Waals surface area contributed by atoms with Gasteiger partial charge in [-0.15, -0.1) is 0 Å². The molecule has 4 rings (SSSR count). The standard InChI is InChI=1S/C27H24N4O4/c1-2-34-23-10-3-4-11-24(23)35-25-13-12-19(16-29-25)17-30-26(32)20-7-5-9-22(15-20)31-27(33)21-8-6-14-28-18-21/h3-16,18H,2,17H2,1H3,(H,30,32)(H,31,33). The van der Waals surface area contributed by atoms with Crippen LogP contribution in [0, 0.1) is 0 Å². The van der Waals surface area contributed by atoms with Gasteiger partial charge in [-0.05, 0) is 55.0 Å². The number of ether oxygens (including phenoxy) is 2. The van der Waals surface area contributed by atoms with E-state index in [9.17, 15) is 9.59 Å². The van der Waals surface area contributed by atoms with Gasteiger partial charge in [-0.25, -0.2) is 4.98 Å². The number of benzene rings is 2. The topological polar surface area (TPSA) is 102 Å². The maximum absolute atomic E-state index is 12.6. The number of para-hydroxylation sites is 2. The van der Waals surface area contributed by atoms with Crippen molar-refractivity contribution in [1.82, 2.24) is 15.3 Å². The molecule has 2 aromatic heterocycles. The zero-order chi connectivity index (χ0) is 24.5. The van der Waals surface area contributed by atoms with Crippen molar-refractivity contribution in [2.24, 2.45) is 0 Å². The van der Waals surface area contributed by atoms with Crippen molar-refractivity contribution in [3.63, 3.8) is 0 Å². The van der Waals surface area contributed by atoms with Crippen molar-refractivity contribution >= 4 is 17.5 Å². The van der Waals surface area contributed by atoms with Crippen LogP contribution in [-0.4, -0.2) is 28.4 Å². The fourth-order valence-electron chi connectivity index (χ4n) is 3.22. The second kappa shape index (κ2) is 11.4. The summed E-state index contributed by atoms with van der Waals surface area (Å²) in [4.78, 5) is 33.2. The smallest absolute Gasteiger partial charge is 0.257 e. The summed E-state index contributed by atoms with van der Waals surface area (Å²) in [5.41, 5.74) is 2.19. The Morgan fingerprint density at radius 2 is 1.69 bits per heavy atom. The van der Waals surface area contributed by atoms with E-state index >= 15 is 0 Å². The first-order valence-electron chi connectivity index (χ1n) is 11.1. The Hall–Kier alpha value is -4.72. The number of hydrogen-bond acceptors (Lipinski definition) is 6. The van der Waals surface area contributed by atoms with Gasteiger partial charge >= 0.3 is 0 Å². The molecule has 0 saturated carbocycles. The Labute approximate surface area is 203 Å². The highest BCUT2D eigenvalue weighted by atomic mass is 16.5. The third kappa shape index (κ3) is 6.42. The lowest BCUT2D eigenvalue weighted by molar-refractivity contribution is 0.0949. The molecule has 8 heteroatoms. The van der Waals surface area contributed by atoms with Crippen LogP contribution in [0.3, 0.4) is 0 Å². The Morgan fingerprint density at radius 3 is 2.43 bits per heavy atom. The lowest BCUT2D eigenvalue weighted by atomic mass is 10.1. The van der Waals surface area contributed by atoms with Crippen molar-refractivity contribution in [1.29, 1.82) is 0 Å². The Bertz CT molecular complexity index is 1290. The summed E-state index contributed by atoms with van der Waals surface area (Å²) in [6.45, 7) is 2.73. The van der Waals surface area contributed by atoms with Crippen LogP contribution in [0.4, 0.5) is 5.69 Å². The molecule has 35 heavy (non-hydrogen) atoms. The van der Waals surface area contributed by atoms with Gasteiger partial charge in [-0.2, -0.15) is 0 Å². The molecule has 0 spiro atoms. The maximum Gasteiger partial charge on any atom is 0.257 e. The quantitative estimate of drug-likeness (QED) is 0.364. The van der Waals surface area contributed by atoms with Crippen LogP contribution < -0.4 is 20.1 Å². The van der Waals surface area contributed by atoms with Crippen LogP contribution in [0.2, 0.25) is 0 Å². The lowest BCUT2D eigenvalue weighted by Gasteiger charge is -2.11. The highest BCUT2D eigenvalue weighted by Crippen LogP contribution is 2.30. The number of amides is 2. The van der Waals surface area contributed by atoms with E-state index in [1.54, 1.807) is 54.9 Å². The van der Waals surface area contributed by atoms with E-state index in [0.717, 1.165) is 5.56 Å². The molecule has 0 aliphatic rings. The number of aromatic nitrogens is 2. The fourth-order valence-corrected chi connectivity index (χ4v) is 3.22. The predicted octanol–water partition coefficient (Wildman–Crippen LogP) is 4.85. The maximum atomic E-state index is 12.6. The number of nitrogens with one attached hydrogen (secondary N) is 2. The predicted molar refractivity (Wildman–Crippen MR) is 132 cm³/mol. The molecule has 0 fully saturated rings. The number of hydrogen-bond donors (Lipinski definition) is 2. The zero-order valence-electron chi connectivity index (χ0n) is 19.1. The summed E-state index contributed by atoms with van der Waals surface area (Å²) in [5.74, 6) is 1.08. The molecule has 0 atom stereocenters. The van der Waals surface area contributed by atoms with Gasteiger partial charge < -0.3 is 20.1 Å². The number of nitrogens with zero attached hydrogens (tertiary/aromatic N) is 2. The van der Waals surface area contributed by atoms with E-state index in [4.69, 9.17) is 9.47 Å². The number of carbonyl (C=O) groups excluding carboxylic acids is 2. The third-order valence-corrected chi connectivity index (χ3v) is 4.92. The molecule has 2 N–H and O–H groups in total. The monoisotopic (exact) mass is 468 g/mol. The van der Waals surface area contributed by atoms with Crippen molar-refractivity contribution in [2.75, 3.05) is 11.9 Å². The average molecular weight is 469 g/mol. The highest BCUT2D eigenvalue weighted by Gasteiger charge is 2.10. The molecule has 8 nitrogen and oxygen atoms in total. The van der Waals surface area contributed by atoms with Crippen molar-refractivity contribution in [3.8, 4) is 17.4 Å². The minimum Gasteiger partial charge on any atom is -0.490 e.